The monoisotopic (exact) mass is 278 g/mol. The van der Waals surface area contributed by atoms with Gasteiger partial charge >= 0.3 is 0 Å². The van der Waals surface area contributed by atoms with Gasteiger partial charge in [0, 0.05) is 39.4 Å². The first kappa shape index (κ1) is 14.8. The molecule has 0 bridgehead atoms. The quantitative estimate of drug-likeness (QED) is 0.858. The van der Waals surface area contributed by atoms with Crippen LogP contribution in [0, 0.1) is 6.92 Å². The molecule has 1 aliphatic heterocycles. The van der Waals surface area contributed by atoms with E-state index in [2.05, 4.69) is 10.6 Å². The molecule has 1 unspecified atom stereocenters. The van der Waals surface area contributed by atoms with Crippen LogP contribution in [-0.2, 0) is 9.47 Å². The third-order valence-electron chi connectivity index (χ3n) is 3.76. The fourth-order valence-electron chi connectivity index (χ4n) is 2.36. The molecule has 0 spiro atoms. The van der Waals surface area contributed by atoms with Crippen molar-refractivity contribution in [3.63, 3.8) is 0 Å². The number of nitrogens with one attached hydrogen (secondary N) is 2. The number of carbonyl (C=O) groups excluding carboxylic acids is 1. The van der Waals surface area contributed by atoms with Crippen molar-refractivity contribution in [2.24, 2.45) is 0 Å². The predicted octanol–water partition coefficient (Wildman–Crippen LogP) is 1.57. The molecule has 1 aromatic carbocycles. The van der Waals surface area contributed by atoms with E-state index < -0.39 is 0 Å². The highest BCUT2D eigenvalue weighted by molar-refractivity contribution is 5.99. The summed E-state index contributed by atoms with van der Waals surface area (Å²) in [5, 5.41) is 5.99. The van der Waals surface area contributed by atoms with Crippen molar-refractivity contribution in [2.75, 3.05) is 39.2 Å². The predicted molar refractivity (Wildman–Crippen MR) is 78.2 cm³/mol. The Morgan fingerprint density at radius 2 is 2.30 bits per heavy atom. The van der Waals surface area contributed by atoms with Gasteiger partial charge in [-0.05, 0) is 24.6 Å². The molecule has 1 aromatic rings. The fraction of sp³-hybridized carbons (Fsp3) is 0.533. The van der Waals surface area contributed by atoms with Gasteiger partial charge in [-0.2, -0.15) is 0 Å². The smallest absolute Gasteiger partial charge is 0.253 e. The minimum absolute atomic E-state index is 0.0994. The van der Waals surface area contributed by atoms with E-state index in [4.69, 9.17) is 9.47 Å². The van der Waals surface area contributed by atoms with Crippen molar-refractivity contribution >= 4 is 11.6 Å². The molecule has 0 aliphatic carbocycles. The lowest BCUT2D eigenvalue weighted by atomic mass is 10.0. The molecule has 5 heteroatoms. The van der Waals surface area contributed by atoms with Crippen LogP contribution in [0.25, 0.3) is 0 Å². The maximum Gasteiger partial charge on any atom is 0.253 e. The first-order valence-corrected chi connectivity index (χ1v) is 6.80. The van der Waals surface area contributed by atoms with Crippen molar-refractivity contribution in [3.05, 3.63) is 29.3 Å². The SMILES string of the molecule is CNc1cc(C)ccc1C(=O)NCC1(OC)CCOC1. The van der Waals surface area contributed by atoms with Gasteiger partial charge in [-0.25, -0.2) is 0 Å². The van der Waals surface area contributed by atoms with Gasteiger partial charge in [0.1, 0.15) is 5.60 Å². The van der Waals surface area contributed by atoms with Crippen LogP contribution in [0.2, 0.25) is 0 Å². The van der Waals surface area contributed by atoms with E-state index in [9.17, 15) is 4.79 Å². The van der Waals surface area contributed by atoms with Gasteiger partial charge in [0.2, 0.25) is 0 Å². The van der Waals surface area contributed by atoms with Crippen LogP contribution >= 0.6 is 0 Å². The molecule has 1 amide bonds. The lowest BCUT2D eigenvalue weighted by Gasteiger charge is -2.26. The molecule has 0 aromatic heterocycles. The average molecular weight is 278 g/mol. The summed E-state index contributed by atoms with van der Waals surface area (Å²) >= 11 is 0. The summed E-state index contributed by atoms with van der Waals surface area (Å²) in [5.74, 6) is -0.0994. The van der Waals surface area contributed by atoms with Crippen molar-refractivity contribution in [1.82, 2.24) is 5.32 Å². The summed E-state index contributed by atoms with van der Waals surface area (Å²) in [6, 6.07) is 5.72. The molecule has 110 valence electrons. The largest absolute Gasteiger partial charge is 0.387 e. The van der Waals surface area contributed by atoms with E-state index in [1.807, 2.05) is 32.2 Å². The molecular weight excluding hydrogens is 256 g/mol. The Balaban J connectivity index is 2.05. The van der Waals surface area contributed by atoms with Gasteiger partial charge in [-0.1, -0.05) is 6.07 Å². The zero-order chi connectivity index (χ0) is 14.6. The Bertz CT molecular complexity index is 482. The Kier molecular flexibility index (Phi) is 4.62. The Morgan fingerprint density at radius 1 is 1.50 bits per heavy atom. The summed E-state index contributed by atoms with van der Waals surface area (Å²) in [6.45, 7) is 3.66. The van der Waals surface area contributed by atoms with Gasteiger partial charge in [-0.3, -0.25) is 4.79 Å². The molecule has 0 saturated carbocycles. The van der Waals surface area contributed by atoms with E-state index in [-0.39, 0.29) is 11.5 Å². The standard InChI is InChI=1S/C15H22N2O3/c1-11-4-5-12(13(8-11)16-2)14(18)17-9-15(19-3)6-7-20-10-15/h4-5,8,16H,6-7,9-10H2,1-3H3,(H,17,18). The molecule has 2 N–H and O–H groups in total. The summed E-state index contributed by atoms with van der Waals surface area (Å²) in [5.41, 5.74) is 2.20. The lowest BCUT2D eigenvalue weighted by Crippen LogP contribution is -2.45. The van der Waals surface area contributed by atoms with E-state index >= 15 is 0 Å². The van der Waals surface area contributed by atoms with Gasteiger partial charge in [0.25, 0.3) is 5.91 Å². The summed E-state index contributed by atoms with van der Waals surface area (Å²) in [4.78, 5) is 12.3. The highest BCUT2D eigenvalue weighted by Crippen LogP contribution is 2.22. The van der Waals surface area contributed by atoms with Crippen LogP contribution < -0.4 is 10.6 Å². The van der Waals surface area contributed by atoms with Gasteiger partial charge < -0.3 is 20.1 Å². The van der Waals surface area contributed by atoms with Gasteiger partial charge in [-0.15, -0.1) is 0 Å². The second-order valence-electron chi connectivity index (χ2n) is 5.17. The third kappa shape index (κ3) is 3.11. The number of aryl methyl sites for hydroxylation is 1. The average Bonchev–Trinajstić information content (AvgIpc) is 2.94. The van der Waals surface area contributed by atoms with Gasteiger partial charge in [0.05, 0.1) is 12.2 Å². The maximum absolute atomic E-state index is 12.3. The van der Waals surface area contributed by atoms with Crippen LogP contribution in [0.3, 0.4) is 0 Å². The molecular formula is C15H22N2O3. The lowest BCUT2D eigenvalue weighted by molar-refractivity contribution is -0.0148. The van der Waals surface area contributed by atoms with Crippen molar-refractivity contribution in [3.8, 4) is 0 Å². The second-order valence-corrected chi connectivity index (χ2v) is 5.17. The number of ether oxygens (including phenoxy) is 2. The minimum atomic E-state index is -0.389. The topological polar surface area (TPSA) is 59.6 Å². The number of anilines is 1. The van der Waals surface area contributed by atoms with Crippen LogP contribution in [0.5, 0.6) is 0 Å². The van der Waals surface area contributed by atoms with Crippen LogP contribution in [0.15, 0.2) is 18.2 Å². The fourth-order valence-corrected chi connectivity index (χ4v) is 2.36. The van der Waals surface area contributed by atoms with E-state index in [0.29, 0.717) is 25.3 Å². The van der Waals surface area contributed by atoms with E-state index in [1.165, 1.54) is 0 Å². The Morgan fingerprint density at radius 3 is 2.90 bits per heavy atom. The molecule has 1 saturated heterocycles. The third-order valence-corrected chi connectivity index (χ3v) is 3.76. The first-order chi connectivity index (χ1) is 9.60. The highest BCUT2D eigenvalue weighted by Gasteiger charge is 2.35. The molecule has 1 heterocycles. The van der Waals surface area contributed by atoms with Crippen molar-refractivity contribution < 1.29 is 14.3 Å². The van der Waals surface area contributed by atoms with Gasteiger partial charge in [0.15, 0.2) is 0 Å². The number of methoxy groups -OCH3 is 1. The highest BCUT2D eigenvalue weighted by atomic mass is 16.5. The molecule has 20 heavy (non-hydrogen) atoms. The Hall–Kier alpha value is -1.59. The molecule has 2 rings (SSSR count). The molecule has 1 atom stereocenters. The Labute approximate surface area is 119 Å². The maximum atomic E-state index is 12.3. The summed E-state index contributed by atoms with van der Waals surface area (Å²) in [7, 11) is 3.47. The number of amides is 1. The molecule has 1 fully saturated rings. The summed E-state index contributed by atoms with van der Waals surface area (Å²) < 4.78 is 10.9. The summed E-state index contributed by atoms with van der Waals surface area (Å²) in [6.07, 6.45) is 0.802. The minimum Gasteiger partial charge on any atom is -0.387 e. The van der Waals surface area contributed by atoms with E-state index in [0.717, 1.165) is 17.7 Å². The van der Waals surface area contributed by atoms with Crippen LogP contribution in [0.1, 0.15) is 22.3 Å². The number of rotatable bonds is 5. The first-order valence-electron chi connectivity index (χ1n) is 6.80. The molecule has 1 aliphatic rings. The molecule has 5 nitrogen and oxygen atoms in total. The van der Waals surface area contributed by atoms with Crippen LogP contribution in [0.4, 0.5) is 5.69 Å². The number of hydrogen-bond donors (Lipinski definition) is 2. The zero-order valence-electron chi connectivity index (χ0n) is 12.3. The zero-order valence-corrected chi connectivity index (χ0v) is 12.3. The van der Waals surface area contributed by atoms with Crippen LogP contribution in [-0.4, -0.2) is 45.4 Å². The van der Waals surface area contributed by atoms with Crippen molar-refractivity contribution in [2.45, 2.75) is 18.9 Å². The van der Waals surface area contributed by atoms with E-state index in [1.54, 1.807) is 7.11 Å². The number of carbonyl (C=O) groups is 1. The second kappa shape index (κ2) is 6.24. The number of hydrogen-bond acceptors (Lipinski definition) is 4. The van der Waals surface area contributed by atoms with Crippen molar-refractivity contribution in [1.29, 1.82) is 0 Å². The molecule has 0 radical (unpaired) electrons. The number of benzene rings is 1. The normalized spacial score (nSPS) is 21.8.